The fourth-order valence-corrected chi connectivity index (χ4v) is 3.85. The van der Waals surface area contributed by atoms with Crippen molar-refractivity contribution in [3.05, 3.63) is 29.6 Å². The number of alkyl halides is 3. The molecule has 1 aromatic carbocycles. The molecule has 0 radical (unpaired) electrons. The van der Waals surface area contributed by atoms with Gasteiger partial charge >= 0.3 is 18.2 Å². The number of anilines is 1. The van der Waals surface area contributed by atoms with Crippen LogP contribution in [0.2, 0.25) is 0 Å². The number of hydrogen-bond acceptors (Lipinski definition) is 2. The number of carbonyl (C=O) groups excluding carboxylic acids is 1. The van der Waals surface area contributed by atoms with Gasteiger partial charge in [-0.2, -0.15) is 13.2 Å². The molecule has 3 rings (SSSR count). The molecule has 1 aliphatic carbocycles. The van der Waals surface area contributed by atoms with Gasteiger partial charge in [0.25, 0.3) is 0 Å². The number of aliphatic carboxylic acids is 1. The summed E-state index contributed by atoms with van der Waals surface area (Å²) in [5.41, 5.74) is -2.86. The van der Waals surface area contributed by atoms with E-state index in [4.69, 9.17) is 0 Å². The summed E-state index contributed by atoms with van der Waals surface area (Å²) in [5, 5.41) is 11.6. The third-order valence-corrected chi connectivity index (χ3v) is 5.11. The first-order valence-corrected chi connectivity index (χ1v) is 7.79. The van der Waals surface area contributed by atoms with Crippen LogP contribution in [0.25, 0.3) is 0 Å². The second kappa shape index (κ2) is 5.89. The maximum atomic E-state index is 13.1. The monoisotopic (exact) mass is 360 g/mol. The summed E-state index contributed by atoms with van der Waals surface area (Å²) in [7, 11) is 0. The molecule has 0 unspecified atom stereocenters. The van der Waals surface area contributed by atoms with Gasteiger partial charge in [0.15, 0.2) is 0 Å². The Morgan fingerprint density at radius 1 is 1.32 bits per heavy atom. The van der Waals surface area contributed by atoms with Gasteiger partial charge in [-0.05, 0) is 37.0 Å². The number of halogens is 4. The zero-order valence-electron chi connectivity index (χ0n) is 13.1. The van der Waals surface area contributed by atoms with Crippen molar-refractivity contribution >= 4 is 17.7 Å². The minimum absolute atomic E-state index is 0.0403. The van der Waals surface area contributed by atoms with E-state index in [0.29, 0.717) is 18.9 Å². The molecule has 1 aliphatic heterocycles. The number of carbonyl (C=O) groups is 2. The molecular formula is C16H16F4N2O3. The van der Waals surface area contributed by atoms with Crippen molar-refractivity contribution < 1.29 is 32.3 Å². The highest BCUT2D eigenvalue weighted by molar-refractivity contribution is 5.91. The number of urea groups is 1. The maximum absolute atomic E-state index is 13.1. The zero-order chi connectivity index (χ0) is 18.4. The average Bonchev–Trinajstić information content (AvgIpc) is 3.06. The van der Waals surface area contributed by atoms with E-state index in [1.165, 1.54) is 4.90 Å². The summed E-state index contributed by atoms with van der Waals surface area (Å²) < 4.78 is 52.1. The molecular weight excluding hydrogens is 344 g/mol. The summed E-state index contributed by atoms with van der Waals surface area (Å²) in [6.07, 6.45) is -2.96. The predicted octanol–water partition coefficient (Wildman–Crippen LogP) is 3.56. The molecule has 2 N–H and O–H groups in total. The molecule has 1 aromatic rings. The topological polar surface area (TPSA) is 69.6 Å². The molecule has 25 heavy (non-hydrogen) atoms. The van der Waals surface area contributed by atoms with E-state index in [-0.39, 0.29) is 19.0 Å². The number of hydrogen-bond donors (Lipinski definition) is 2. The number of fused-ring (bicyclic) bond motifs is 1. The largest absolute Gasteiger partial charge is 0.481 e. The highest BCUT2D eigenvalue weighted by Gasteiger charge is 2.55. The Labute approximate surface area is 140 Å². The molecule has 2 aliphatic rings. The molecule has 5 nitrogen and oxygen atoms in total. The molecule has 0 spiro atoms. The third-order valence-electron chi connectivity index (χ3n) is 5.11. The fourth-order valence-electron chi connectivity index (χ4n) is 3.85. The quantitative estimate of drug-likeness (QED) is 0.793. The molecule has 1 saturated heterocycles. The standard InChI is InChI=1S/C16H16F4N2O3/c17-10-3-4-12(11(6-10)16(18,19)20)21-14(25)22-7-9-2-1-5-15(9,8-22)13(23)24/h3-4,6,9H,1-2,5,7-8H2,(H,21,25)(H,23,24)/t9-,15+/m0/s1. The molecule has 1 heterocycles. The second-order valence-corrected chi connectivity index (χ2v) is 6.55. The maximum Gasteiger partial charge on any atom is 0.418 e. The van der Waals surface area contributed by atoms with Crippen LogP contribution in [0.4, 0.5) is 28.0 Å². The van der Waals surface area contributed by atoms with Crippen molar-refractivity contribution in [2.75, 3.05) is 18.4 Å². The van der Waals surface area contributed by atoms with Crippen molar-refractivity contribution in [1.29, 1.82) is 0 Å². The van der Waals surface area contributed by atoms with Crippen LogP contribution in [0.1, 0.15) is 24.8 Å². The Morgan fingerprint density at radius 2 is 2.04 bits per heavy atom. The average molecular weight is 360 g/mol. The van der Waals surface area contributed by atoms with Gasteiger partial charge in [0.05, 0.1) is 16.7 Å². The van der Waals surface area contributed by atoms with Gasteiger partial charge in [0, 0.05) is 13.1 Å². The number of benzene rings is 1. The van der Waals surface area contributed by atoms with Crippen molar-refractivity contribution in [1.82, 2.24) is 4.90 Å². The number of nitrogens with one attached hydrogen (secondary N) is 1. The van der Waals surface area contributed by atoms with Gasteiger partial charge in [-0.1, -0.05) is 6.42 Å². The van der Waals surface area contributed by atoms with E-state index < -0.39 is 40.7 Å². The molecule has 0 aromatic heterocycles. The number of likely N-dealkylation sites (tertiary alicyclic amines) is 1. The number of carboxylic acid groups (broad SMARTS) is 1. The lowest BCUT2D eigenvalue weighted by Crippen LogP contribution is -2.39. The van der Waals surface area contributed by atoms with Crippen LogP contribution >= 0.6 is 0 Å². The van der Waals surface area contributed by atoms with E-state index in [1.54, 1.807) is 0 Å². The molecule has 2 amide bonds. The Balaban J connectivity index is 1.80. The number of rotatable bonds is 2. The van der Waals surface area contributed by atoms with Crippen LogP contribution in [0.15, 0.2) is 18.2 Å². The molecule has 2 fully saturated rings. The van der Waals surface area contributed by atoms with E-state index in [1.807, 2.05) is 0 Å². The minimum Gasteiger partial charge on any atom is -0.481 e. The first-order chi connectivity index (χ1) is 11.6. The minimum atomic E-state index is -4.82. The van der Waals surface area contributed by atoms with E-state index in [2.05, 4.69) is 5.32 Å². The molecule has 2 atom stereocenters. The highest BCUT2D eigenvalue weighted by Crippen LogP contribution is 2.49. The first-order valence-electron chi connectivity index (χ1n) is 7.79. The lowest BCUT2D eigenvalue weighted by molar-refractivity contribution is -0.149. The zero-order valence-corrected chi connectivity index (χ0v) is 13.1. The van der Waals surface area contributed by atoms with E-state index in [0.717, 1.165) is 18.6 Å². The lowest BCUT2D eigenvalue weighted by Gasteiger charge is -2.23. The van der Waals surface area contributed by atoms with E-state index in [9.17, 15) is 32.3 Å². The van der Waals surface area contributed by atoms with Crippen molar-refractivity contribution in [2.24, 2.45) is 11.3 Å². The van der Waals surface area contributed by atoms with Gasteiger partial charge in [-0.3, -0.25) is 4.79 Å². The third kappa shape index (κ3) is 3.03. The lowest BCUT2D eigenvalue weighted by atomic mass is 9.81. The van der Waals surface area contributed by atoms with E-state index >= 15 is 0 Å². The summed E-state index contributed by atoms with van der Waals surface area (Å²) >= 11 is 0. The summed E-state index contributed by atoms with van der Waals surface area (Å²) in [6.45, 7) is 0.141. The highest BCUT2D eigenvalue weighted by atomic mass is 19.4. The fraction of sp³-hybridized carbons (Fsp3) is 0.500. The van der Waals surface area contributed by atoms with Crippen molar-refractivity contribution in [2.45, 2.75) is 25.4 Å². The Kier molecular flexibility index (Phi) is 4.12. The molecule has 0 bridgehead atoms. The van der Waals surface area contributed by atoms with Crippen LogP contribution in [0.3, 0.4) is 0 Å². The number of amides is 2. The summed E-state index contributed by atoms with van der Waals surface area (Å²) in [5.74, 6) is -2.25. The first kappa shape index (κ1) is 17.5. The second-order valence-electron chi connectivity index (χ2n) is 6.55. The van der Waals surface area contributed by atoms with Gasteiger partial charge in [0.2, 0.25) is 0 Å². The number of carboxylic acids is 1. The molecule has 1 saturated carbocycles. The SMILES string of the molecule is O=C(Nc1ccc(F)cc1C(F)(F)F)N1C[C@@H]2CCC[C@@]2(C(=O)O)C1. The van der Waals surface area contributed by atoms with Crippen LogP contribution in [0, 0.1) is 17.2 Å². The summed E-state index contributed by atoms with van der Waals surface area (Å²) in [4.78, 5) is 25.2. The van der Waals surface area contributed by atoms with Crippen LogP contribution in [-0.4, -0.2) is 35.1 Å². The Hall–Kier alpha value is -2.32. The van der Waals surface area contributed by atoms with Gasteiger partial charge in [-0.25, -0.2) is 9.18 Å². The van der Waals surface area contributed by atoms with Gasteiger partial charge < -0.3 is 15.3 Å². The van der Waals surface area contributed by atoms with Gasteiger partial charge in [0.1, 0.15) is 5.82 Å². The smallest absolute Gasteiger partial charge is 0.418 e. The summed E-state index contributed by atoms with van der Waals surface area (Å²) in [6, 6.07) is 1.17. The number of nitrogens with zero attached hydrogens (tertiary/aromatic N) is 1. The normalized spacial score (nSPS) is 25.8. The predicted molar refractivity (Wildman–Crippen MR) is 79.4 cm³/mol. The van der Waals surface area contributed by atoms with Gasteiger partial charge in [-0.15, -0.1) is 0 Å². The van der Waals surface area contributed by atoms with Crippen molar-refractivity contribution in [3.63, 3.8) is 0 Å². The van der Waals surface area contributed by atoms with Crippen LogP contribution in [-0.2, 0) is 11.0 Å². The van der Waals surface area contributed by atoms with Crippen LogP contribution in [0.5, 0.6) is 0 Å². The molecule has 136 valence electrons. The Bertz CT molecular complexity index is 722. The molecule has 9 heteroatoms. The Morgan fingerprint density at radius 3 is 2.64 bits per heavy atom. The van der Waals surface area contributed by atoms with Crippen LogP contribution < -0.4 is 5.32 Å². The van der Waals surface area contributed by atoms with Crippen molar-refractivity contribution in [3.8, 4) is 0 Å².